The molecule has 2 aromatic carbocycles. The molecule has 0 saturated carbocycles. The fourth-order valence-corrected chi connectivity index (χ4v) is 6.14. The van der Waals surface area contributed by atoms with Crippen molar-refractivity contribution in [3.05, 3.63) is 88.7 Å². The Labute approximate surface area is 261 Å². The standard InChI is InChI=1S/C33H37N7O5/c1-37(2)32(44)26-11-10-23(19-35-26)39-16-14-38(15-17-39)20-22-8-6-21(7-9-22)18-34-25-5-3-4-24-29(25)33(45)40(31(24)43)27-12-13-28(41)36-30(27)42/h3-11,19,27,33-34,45H,12-18,20H2,1-2H3,(H,36,41,42). The Kier molecular flexibility index (Phi) is 8.50. The molecule has 4 amide bonds. The van der Waals surface area contributed by atoms with E-state index < -0.39 is 24.1 Å². The quantitative estimate of drug-likeness (QED) is 0.327. The first kappa shape index (κ1) is 30.2. The lowest BCUT2D eigenvalue weighted by molar-refractivity contribution is -0.139. The summed E-state index contributed by atoms with van der Waals surface area (Å²) >= 11 is 0. The molecule has 2 atom stereocenters. The smallest absolute Gasteiger partial charge is 0.271 e. The predicted molar refractivity (Wildman–Crippen MR) is 167 cm³/mol. The van der Waals surface area contributed by atoms with Crippen LogP contribution >= 0.6 is 0 Å². The normalized spacial score (nSPS) is 20.2. The fourth-order valence-electron chi connectivity index (χ4n) is 6.14. The highest BCUT2D eigenvalue weighted by Gasteiger charge is 2.45. The van der Waals surface area contributed by atoms with Crippen LogP contribution in [0.15, 0.2) is 60.8 Å². The number of imide groups is 1. The Bertz CT molecular complexity index is 1600. The van der Waals surface area contributed by atoms with Gasteiger partial charge in [0.25, 0.3) is 11.8 Å². The van der Waals surface area contributed by atoms with Crippen molar-refractivity contribution in [1.82, 2.24) is 25.0 Å². The van der Waals surface area contributed by atoms with Crippen molar-refractivity contribution in [1.29, 1.82) is 0 Å². The summed E-state index contributed by atoms with van der Waals surface area (Å²) in [6.45, 7) is 4.91. The van der Waals surface area contributed by atoms with Gasteiger partial charge in [0.05, 0.1) is 11.9 Å². The lowest BCUT2D eigenvalue weighted by Crippen LogP contribution is -2.53. The zero-order valence-corrected chi connectivity index (χ0v) is 25.4. The molecule has 0 spiro atoms. The second kappa shape index (κ2) is 12.7. The maximum absolute atomic E-state index is 13.2. The van der Waals surface area contributed by atoms with Gasteiger partial charge in [0.1, 0.15) is 11.7 Å². The van der Waals surface area contributed by atoms with E-state index in [0.29, 0.717) is 29.1 Å². The number of benzene rings is 2. The first-order valence-corrected chi connectivity index (χ1v) is 15.1. The number of nitrogens with zero attached hydrogens (tertiary/aromatic N) is 5. The molecule has 45 heavy (non-hydrogen) atoms. The van der Waals surface area contributed by atoms with Crippen LogP contribution < -0.4 is 15.5 Å². The fraction of sp³-hybridized carbons (Fsp3) is 0.364. The minimum absolute atomic E-state index is 0.106. The van der Waals surface area contributed by atoms with Crippen molar-refractivity contribution in [3.8, 4) is 0 Å². The molecule has 3 aliphatic heterocycles. The summed E-state index contributed by atoms with van der Waals surface area (Å²) in [5, 5.41) is 16.7. The van der Waals surface area contributed by atoms with Gasteiger partial charge in [0, 0.05) is 76.6 Å². The highest BCUT2D eigenvalue weighted by Crippen LogP contribution is 2.39. The number of carbonyl (C=O) groups excluding carboxylic acids is 4. The van der Waals surface area contributed by atoms with E-state index >= 15 is 0 Å². The second-order valence-corrected chi connectivity index (χ2v) is 11.9. The SMILES string of the molecule is CN(C)C(=O)c1ccc(N2CCN(Cc3ccc(CNc4cccc5c4C(O)N(C4CCC(=O)NC4=O)C5=O)cc3)CC2)cn1. The Morgan fingerprint density at radius 3 is 2.40 bits per heavy atom. The number of pyridine rings is 1. The molecule has 3 aromatic rings. The highest BCUT2D eigenvalue weighted by atomic mass is 16.3. The molecule has 2 unspecified atom stereocenters. The van der Waals surface area contributed by atoms with Crippen LogP contribution in [-0.4, -0.2) is 94.7 Å². The summed E-state index contributed by atoms with van der Waals surface area (Å²) in [7, 11) is 3.43. The van der Waals surface area contributed by atoms with Gasteiger partial charge >= 0.3 is 0 Å². The Morgan fingerprint density at radius 1 is 1.00 bits per heavy atom. The Balaban J connectivity index is 1.02. The third kappa shape index (κ3) is 6.24. The summed E-state index contributed by atoms with van der Waals surface area (Å²) in [6.07, 6.45) is 0.785. The largest absolute Gasteiger partial charge is 0.381 e. The topological polar surface area (TPSA) is 138 Å². The van der Waals surface area contributed by atoms with Crippen LogP contribution in [0.3, 0.4) is 0 Å². The molecule has 1 aromatic heterocycles. The maximum Gasteiger partial charge on any atom is 0.271 e. The van der Waals surface area contributed by atoms with Gasteiger partial charge in [-0.15, -0.1) is 0 Å². The van der Waals surface area contributed by atoms with Gasteiger partial charge in [-0.25, -0.2) is 4.98 Å². The van der Waals surface area contributed by atoms with Crippen molar-refractivity contribution in [2.75, 3.05) is 50.5 Å². The minimum Gasteiger partial charge on any atom is -0.381 e. The van der Waals surface area contributed by atoms with Crippen molar-refractivity contribution in [3.63, 3.8) is 0 Å². The number of anilines is 2. The number of hydrogen-bond donors (Lipinski definition) is 3. The molecule has 0 aliphatic carbocycles. The summed E-state index contributed by atoms with van der Waals surface area (Å²) in [4.78, 5) is 61.0. The highest BCUT2D eigenvalue weighted by molar-refractivity contribution is 6.06. The number of aromatic nitrogens is 1. The number of amides is 4. The van der Waals surface area contributed by atoms with Crippen molar-refractivity contribution in [2.24, 2.45) is 0 Å². The van der Waals surface area contributed by atoms with Crippen molar-refractivity contribution >= 4 is 35.0 Å². The van der Waals surface area contributed by atoms with Gasteiger partial charge in [-0.1, -0.05) is 30.3 Å². The molecule has 6 rings (SSSR count). The monoisotopic (exact) mass is 611 g/mol. The molecule has 234 valence electrons. The van der Waals surface area contributed by atoms with E-state index in [-0.39, 0.29) is 24.7 Å². The van der Waals surface area contributed by atoms with Crippen molar-refractivity contribution in [2.45, 2.75) is 38.2 Å². The summed E-state index contributed by atoms with van der Waals surface area (Å²) in [5.41, 5.74) is 5.13. The molecule has 3 N–H and O–H groups in total. The van der Waals surface area contributed by atoms with Gasteiger partial charge in [-0.05, 0) is 41.8 Å². The van der Waals surface area contributed by atoms with Crippen LogP contribution in [0.1, 0.15) is 56.6 Å². The first-order chi connectivity index (χ1) is 21.7. The maximum atomic E-state index is 13.2. The van der Waals surface area contributed by atoms with Crippen LogP contribution in [-0.2, 0) is 22.7 Å². The van der Waals surface area contributed by atoms with Crippen LogP contribution in [0, 0.1) is 0 Å². The molecule has 2 fully saturated rings. The van der Waals surface area contributed by atoms with E-state index in [1.807, 2.05) is 12.1 Å². The van der Waals surface area contributed by atoms with E-state index in [1.54, 1.807) is 38.5 Å². The average Bonchev–Trinajstić information content (AvgIpc) is 3.30. The van der Waals surface area contributed by atoms with E-state index in [1.165, 1.54) is 15.4 Å². The van der Waals surface area contributed by atoms with Crippen LogP contribution in [0.25, 0.3) is 0 Å². The first-order valence-electron chi connectivity index (χ1n) is 15.1. The molecule has 2 saturated heterocycles. The lowest BCUT2D eigenvalue weighted by Gasteiger charge is -2.36. The van der Waals surface area contributed by atoms with Gasteiger partial charge in [0.15, 0.2) is 6.23 Å². The zero-order chi connectivity index (χ0) is 31.7. The predicted octanol–water partition coefficient (Wildman–Crippen LogP) is 1.97. The summed E-state index contributed by atoms with van der Waals surface area (Å²) in [6, 6.07) is 16.4. The van der Waals surface area contributed by atoms with Crippen LogP contribution in [0.5, 0.6) is 0 Å². The van der Waals surface area contributed by atoms with Gasteiger partial charge in [-0.2, -0.15) is 0 Å². The molecular weight excluding hydrogens is 574 g/mol. The zero-order valence-electron chi connectivity index (χ0n) is 25.4. The number of fused-ring (bicyclic) bond motifs is 1. The third-order valence-corrected chi connectivity index (χ3v) is 8.66. The number of hydrogen-bond acceptors (Lipinski definition) is 9. The number of aliphatic hydroxyl groups is 1. The number of rotatable bonds is 8. The van der Waals surface area contributed by atoms with E-state index in [0.717, 1.165) is 44.0 Å². The van der Waals surface area contributed by atoms with Crippen molar-refractivity contribution < 1.29 is 24.3 Å². The third-order valence-electron chi connectivity index (χ3n) is 8.66. The molecule has 3 aliphatic rings. The number of nitrogens with one attached hydrogen (secondary N) is 2. The van der Waals surface area contributed by atoms with Gasteiger partial charge in [0.2, 0.25) is 11.8 Å². The second-order valence-electron chi connectivity index (χ2n) is 11.9. The number of carbonyl (C=O) groups is 4. The average molecular weight is 612 g/mol. The minimum atomic E-state index is -1.29. The van der Waals surface area contributed by atoms with E-state index in [9.17, 15) is 24.3 Å². The van der Waals surface area contributed by atoms with Gasteiger partial charge in [-0.3, -0.25) is 34.3 Å². The van der Waals surface area contributed by atoms with Crippen LogP contribution in [0.2, 0.25) is 0 Å². The molecule has 0 bridgehead atoms. The Morgan fingerprint density at radius 2 is 1.73 bits per heavy atom. The number of aliphatic hydroxyl groups excluding tert-OH is 1. The molecule has 4 heterocycles. The van der Waals surface area contributed by atoms with E-state index in [4.69, 9.17) is 0 Å². The molecule has 12 heteroatoms. The lowest BCUT2D eigenvalue weighted by atomic mass is 10.0. The van der Waals surface area contributed by atoms with Gasteiger partial charge < -0.3 is 20.2 Å². The summed E-state index contributed by atoms with van der Waals surface area (Å²) in [5.74, 6) is -1.47. The van der Waals surface area contributed by atoms with Crippen LogP contribution in [0.4, 0.5) is 11.4 Å². The Hall–Kier alpha value is -4.81. The number of piperidine rings is 1. The van der Waals surface area contributed by atoms with E-state index in [2.05, 4.69) is 49.7 Å². The molecule has 12 nitrogen and oxygen atoms in total. The molecule has 0 radical (unpaired) electrons. The number of piperazine rings is 1. The molecular formula is C33H37N7O5. The summed E-state index contributed by atoms with van der Waals surface area (Å²) < 4.78 is 0.